The molecule has 13 heteroatoms. The van der Waals surface area contributed by atoms with Gasteiger partial charge in [-0.1, -0.05) is 0 Å². The molecule has 0 bridgehead atoms. The summed E-state index contributed by atoms with van der Waals surface area (Å²) in [6.45, 7) is 8.07. The summed E-state index contributed by atoms with van der Waals surface area (Å²) in [5.41, 5.74) is 1.72. The Bertz CT molecular complexity index is 1100. The number of ketones is 1. The highest BCUT2D eigenvalue weighted by atomic mass is 16.6. The number of aromatic nitrogens is 4. The van der Waals surface area contributed by atoms with Crippen LogP contribution in [0.5, 0.6) is 0 Å². The van der Waals surface area contributed by atoms with Crippen LogP contribution >= 0.6 is 0 Å². The van der Waals surface area contributed by atoms with Gasteiger partial charge in [-0.3, -0.25) is 9.59 Å². The number of anilines is 1. The summed E-state index contributed by atoms with van der Waals surface area (Å²) in [4.78, 5) is 23.3. The summed E-state index contributed by atoms with van der Waals surface area (Å²) in [7, 11) is 0. The topological polar surface area (TPSA) is 161 Å². The molecule has 1 N–H and O–H groups in total. The molecule has 2 heterocycles. The van der Waals surface area contributed by atoms with E-state index in [4.69, 9.17) is 27.8 Å². The van der Waals surface area contributed by atoms with Gasteiger partial charge in [-0.2, -0.15) is 0 Å². The number of amides is 1. The molecular weight excluding hydrogens is 498 g/mol. The van der Waals surface area contributed by atoms with Crippen molar-refractivity contribution >= 4 is 17.4 Å². The highest BCUT2D eigenvalue weighted by Crippen LogP contribution is 2.29. The van der Waals surface area contributed by atoms with Crippen molar-refractivity contribution in [3.05, 3.63) is 30.0 Å². The molecule has 0 aliphatic carbocycles. The molecule has 0 unspecified atom stereocenters. The van der Waals surface area contributed by atoms with Crippen LogP contribution in [-0.2, 0) is 28.5 Å². The average molecular weight is 532 g/mol. The Morgan fingerprint density at radius 1 is 0.684 bits per heavy atom. The number of nitrogens with zero attached hydrogens (tertiary/aromatic N) is 4. The number of hydrogen-bond acceptors (Lipinski definition) is 12. The van der Waals surface area contributed by atoms with E-state index in [1.54, 1.807) is 32.0 Å². The largest absolute Gasteiger partial charge is 0.421 e. The second kappa shape index (κ2) is 15.7. The van der Waals surface area contributed by atoms with Crippen molar-refractivity contribution < 1.29 is 37.4 Å². The quantitative estimate of drug-likeness (QED) is 0.239. The standard InChI is InChI=1S/C25H33N5O8/c1-17(31)4-6-33-8-10-35-12-13-36-11-9-34-7-5-23(32)26-22-15-20(24-29-27-18(2)37-24)14-21(16-22)25-30-28-19(3)38-25/h14-16H,4-13H2,1-3H3,(H,26,32). The lowest BCUT2D eigenvalue weighted by Crippen LogP contribution is -2.16. The first kappa shape index (κ1) is 29.0. The fourth-order valence-electron chi connectivity index (χ4n) is 3.14. The van der Waals surface area contributed by atoms with Crippen molar-refractivity contribution in [3.63, 3.8) is 0 Å². The van der Waals surface area contributed by atoms with E-state index in [2.05, 4.69) is 25.7 Å². The summed E-state index contributed by atoms with van der Waals surface area (Å²) in [6, 6.07) is 5.23. The van der Waals surface area contributed by atoms with Crippen molar-refractivity contribution in [2.24, 2.45) is 0 Å². The summed E-state index contributed by atoms with van der Waals surface area (Å²) in [5.74, 6) is 1.34. The van der Waals surface area contributed by atoms with E-state index in [0.717, 1.165) is 0 Å². The Kier molecular flexibility index (Phi) is 12.0. The molecule has 0 aliphatic heterocycles. The fraction of sp³-hybridized carbons (Fsp3) is 0.520. The SMILES string of the molecule is CC(=O)CCOCCOCCOCCOCCC(=O)Nc1cc(-c2nnc(C)o2)cc(-c2nnc(C)o2)c1. The third-order valence-electron chi connectivity index (χ3n) is 4.95. The van der Waals surface area contributed by atoms with Gasteiger partial charge in [0.05, 0.1) is 59.3 Å². The highest BCUT2D eigenvalue weighted by Gasteiger charge is 2.15. The number of carbonyl (C=O) groups excluding carboxylic acids is 2. The van der Waals surface area contributed by atoms with Crippen molar-refractivity contribution in [2.75, 3.05) is 58.2 Å². The number of benzene rings is 1. The molecule has 1 aromatic carbocycles. The van der Waals surface area contributed by atoms with Crippen LogP contribution in [0, 0.1) is 13.8 Å². The molecule has 13 nitrogen and oxygen atoms in total. The third-order valence-corrected chi connectivity index (χ3v) is 4.95. The molecule has 0 radical (unpaired) electrons. The van der Waals surface area contributed by atoms with Crippen LogP contribution in [0.25, 0.3) is 22.9 Å². The Morgan fingerprint density at radius 2 is 1.13 bits per heavy atom. The molecule has 0 atom stereocenters. The van der Waals surface area contributed by atoms with Crippen molar-refractivity contribution in [2.45, 2.75) is 33.6 Å². The highest BCUT2D eigenvalue weighted by molar-refractivity contribution is 5.92. The minimum Gasteiger partial charge on any atom is -0.421 e. The lowest BCUT2D eigenvalue weighted by molar-refractivity contribution is -0.118. The summed E-state index contributed by atoms with van der Waals surface area (Å²) in [5, 5.41) is 18.7. The molecule has 3 rings (SSSR count). The molecule has 0 saturated heterocycles. The minimum absolute atomic E-state index is 0.106. The lowest BCUT2D eigenvalue weighted by Gasteiger charge is -2.09. The van der Waals surface area contributed by atoms with Gasteiger partial charge in [-0.05, 0) is 25.1 Å². The molecule has 3 aromatic rings. The average Bonchev–Trinajstić information content (AvgIpc) is 3.52. The van der Waals surface area contributed by atoms with Crippen LogP contribution in [0.4, 0.5) is 5.69 Å². The van der Waals surface area contributed by atoms with Gasteiger partial charge in [0, 0.05) is 37.1 Å². The molecule has 1 amide bonds. The van der Waals surface area contributed by atoms with E-state index in [-0.39, 0.29) is 24.7 Å². The maximum absolute atomic E-state index is 12.5. The minimum atomic E-state index is -0.226. The molecule has 206 valence electrons. The van der Waals surface area contributed by atoms with Gasteiger partial charge in [0.15, 0.2) is 0 Å². The molecule has 0 fully saturated rings. The predicted octanol–water partition coefficient (Wildman–Crippen LogP) is 2.78. The normalized spacial score (nSPS) is 11.1. The maximum atomic E-state index is 12.5. The third kappa shape index (κ3) is 10.5. The van der Waals surface area contributed by atoms with Gasteiger partial charge < -0.3 is 33.1 Å². The Labute approximate surface area is 220 Å². The Hall–Kier alpha value is -3.52. The van der Waals surface area contributed by atoms with Gasteiger partial charge in [0.25, 0.3) is 0 Å². The Balaban J connectivity index is 1.33. The summed E-state index contributed by atoms with van der Waals surface area (Å²) < 4.78 is 32.6. The van der Waals surface area contributed by atoms with Gasteiger partial charge >= 0.3 is 0 Å². The van der Waals surface area contributed by atoms with Gasteiger partial charge in [-0.15, -0.1) is 20.4 Å². The first-order chi connectivity index (χ1) is 18.4. The number of Topliss-reactive ketones (excluding diaryl/α,β-unsaturated/α-hetero) is 1. The smallest absolute Gasteiger partial charge is 0.247 e. The monoisotopic (exact) mass is 531 g/mol. The van der Waals surface area contributed by atoms with Crippen LogP contribution in [0.1, 0.15) is 31.5 Å². The molecule has 2 aromatic heterocycles. The maximum Gasteiger partial charge on any atom is 0.247 e. The van der Waals surface area contributed by atoms with Crippen molar-refractivity contribution in [3.8, 4) is 22.9 Å². The number of rotatable bonds is 18. The molecule has 0 aliphatic rings. The number of ether oxygens (including phenoxy) is 4. The van der Waals surface area contributed by atoms with Crippen LogP contribution in [0.2, 0.25) is 0 Å². The van der Waals surface area contributed by atoms with Gasteiger partial charge in [0.1, 0.15) is 5.78 Å². The zero-order chi connectivity index (χ0) is 27.2. The zero-order valence-corrected chi connectivity index (χ0v) is 21.9. The van der Waals surface area contributed by atoms with Gasteiger partial charge in [-0.25, -0.2) is 0 Å². The predicted molar refractivity (Wildman–Crippen MR) is 134 cm³/mol. The first-order valence-corrected chi connectivity index (χ1v) is 12.3. The second-order valence-corrected chi connectivity index (χ2v) is 8.25. The van der Waals surface area contributed by atoms with Gasteiger partial charge in [0.2, 0.25) is 29.5 Å². The lowest BCUT2D eigenvalue weighted by atomic mass is 10.1. The summed E-state index contributed by atoms with van der Waals surface area (Å²) >= 11 is 0. The van der Waals surface area contributed by atoms with E-state index < -0.39 is 0 Å². The van der Waals surface area contributed by atoms with E-state index in [9.17, 15) is 9.59 Å². The van der Waals surface area contributed by atoms with E-state index >= 15 is 0 Å². The van der Waals surface area contributed by atoms with E-state index in [1.807, 2.05) is 0 Å². The molecule has 0 saturated carbocycles. The molecule has 0 spiro atoms. The Morgan fingerprint density at radius 3 is 1.55 bits per heavy atom. The van der Waals surface area contributed by atoms with Crippen LogP contribution in [0.3, 0.4) is 0 Å². The van der Waals surface area contributed by atoms with Crippen LogP contribution in [0.15, 0.2) is 27.0 Å². The number of carbonyl (C=O) groups is 2. The number of hydrogen-bond donors (Lipinski definition) is 1. The van der Waals surface area contributed by atoms with E-state index in [1.165, 1.54) is 6.92 Å². The number of nitrogens with one attached hydrogen (secondary N) is 1. The molecular formula is C25H33N5O8. The number of aryl methyl sites for hydroxylation is 2. The zero-order valence-electron chi connectivity index (χ0n) is 21.9. The van der Waals surface area contributed by atoms with Crippen LogP contribution < -0.4 is 5.32 Å². The van der Waals surface area contributed by atoms with E-state index in [0.29, 0.717) is 93.0 Å². The van der Waals surface area contributed by atoms with Crippen molar-refractivity contribution in [1.29, 1.82) is 0 Å². The summed E-state index contributed by atoms with van der Waals surface area (Å²) in [6.07, 6.45) is 0.576. The first-order valence-electron chi connectivity index (χ1n) is 12.3. The fourth-order valence-corrected chi connectivity index (χ4v) is 3.14. The van der Waals surface area contributed by atoms with Crippen molar-refractivity contribution in [1.82, 2.24) is 20.4 Å². The van der Waals surface area contributed by atoms with Crippen LogP contribution in [-0.4, -0.2) is 84.9 Å². The second-order valence-electron chi connectivity index (χ2n) is 8.25. The molecule has 38 heavy (non-hydrogen) atoms.